The van der Waals surface area contributed by atoms with Gasteiger partial charge in [-0.3, -0.25) is 4.79 Å². The molecule has 0 aromatic heterocycles. The summed E-state index contributed by atoms with van der Waals surface area (Å²) in [5.74, 6) is -0.0571. The summed E-state index contributed by atoms with van der Waals surface area (Å²) < 4.78 is 0.987. The predicted octanol–water partition coefficient (Wildman–Crippen LogP) is 3.92. The van der Waals surface area contributed by atoms with E-state index in [1.807, 2.05) is 24.3 Å². The van der Waals surface area contributed by atoms with Crippen molar-refractivity contribution >= 4 is 33.5 Å². The molecule has 80 valence electrons. The van der Waals surface area contributed by atoms with Crippen LogP contribution in [-0.4, -0.2) is 10.9 Å². The first-order chi connectivity index (χ1) is 7.00. The number of Topliss-reactive ketones (excluding diaryl/α,β-unsaturated/α-hetero) is 1. The van der Waals surface area contributed by atoms with Crippen molar-refractivity contribution in [3.63, 3.8) is 0 Å². The van der Waals surface area contributed by atoms with E-state index in [9.17, 15) is 9.90 Å². The van der Waals surface area contributed by atoms with E-state index < -0.39 is 0 Å². The Kier molecular flexibility index (Phi) is 4.42. The predicted molar refractivity (Wildman–Crippen MR) is 66.0 cm³/mol. The molecule has 0 aliphatic heterocycles. The van der Waals surface area contributed by atoms with E-state index in [0.717, 1.165) is 9.37 Å². The molecule has 15 heavy (non-hydrogen) atoms. The van der Waals surface area contributed by atoms with Crippen molar-refractivity contribution in [3.8, 4) is 0 Å². The van der Waals surface area contributed by atoms with E-state index in [1.54, 1.807) is 0 Å². The molecule has 4 heteroatoms. The number of hydrogen-bond donors (Lipinski definition) is 1. The van der Waals surface area contributed by atoms with E-state index in [1.165, 1.54) is 25.6 Å². The minimum atomic E-state index is -0.122. The summed E-state index contributed by atoms with van der Waals surface area (Å²) in [6, 6.07) is 7.57. The molecule has 0 atom stereocenters. The van der Waals surface area contributed by atoms with Gasteiger partial charge in [-0.25, -0.2) is 0 Å². The summed E-state index contributed by atoms with van der Waals surface area (Å²) in [6.45, 7) is 2.96. The summed E-state index contributed by atoms with van der Waals surface area (Å²) in [6.07, 6.45) is 0. The number of aliphatic hydroxyl groups excluding tert-OH is 1. The second kappa shape index (κ2) is 5.37. The number of aliphatic hydroxyl groups is 1. The zero-order chi connectivity index (χ0) is 11.4. The first kappa shape index (κ1) is 12.3. The van der Waals surface area contributed by atoms with Crippen molar-refractivity contribution in [2.45, 2.75) is 18.7 Å². The average molecular weight is 287 g/mol. The largest absolute Gasteiger partial charge is 0.511 e. The summed E-state index contributed by atoms with van der Waals surface area (Å²) in [4.78, 5) is 12.5. The maximum Gasteiger partial charge on any atom is 0.169 e. The van der Waals surface area contributed by atoms with Crippen molar-refractivity contribution in [2.75, 3.05) is 0 Å². The Morgan fingerprint density at radius 3 is 2.20 bits per heavy atom. The van der Waals surface area contributed by atoms with E-state index in [-0.39, 0.29) is 11.5 Å². The molecule has 0 fully saturated rings. The molecule has 0 spiro atoms. The van der Waals surface area contributed by atoms with Gasteiger partial charge in [0, 0.05) is 9.37 Å². The van der Waals surface area contributed by atoms with Gasteiger partial charge < -0.3 is 5.11 Å². The Labute approximate surface area is 102 Å². The van der Waals surface area contributed by atoms with Crippen LogP contribution in [-0.2, 0) is 4.79 Å². The highest BCUT2D eigenvalue weighted by atomic mass is 79.9. The average Bonchev–Trinajstić information content (AvgIpc) is 2.15. The Morgan fingerprint density at radius 1 is 1.27 bits per heavy atom. The van der Waals surface area contributed by atoms with Gasteiger partial charge in [0.2, 0.25) is 0 Å². The molecular weight excluding hydrogens is 276 g/mol. The number of carbonyl (C=O) groups excluding carboxylic acids is 1. The van der Waals surface area contributed by atoms with Gasteiger partial charge in [-0.1, -0.05) is 27.7 Å². The monoisotopic (exact) mass is 286 g/mol. The molecule has 0 saturated heterocycles. The Balaban J connectivity index is 2.90. The second-order valence-corrected chi connectivity index (χ2v) is 5.03. The van der Waals surface area contributed by atoms with Gasteiger partial charge in [0.05, 0.1) is 4.91 Å². The van der Waals surface area contributed by atoms with Crippen LogP contribution in [0.3, 0.4) is 0 Å². The van der Waals surface area contributed by atoms with E-state index in [0.29, 0.717) is 4.91 Å². The first-order valence-corrected chi connectivity index (χ1v) is 5.96. The summed E-state index contributed by atoms with van der Waals surface area (Å²) >= 11 is 4.60. The molecular formula is C11H11BrO2S. The maximum absolute atomic E-state index is 11.2. The van der Waals surface area contributed by atoms with Crippen LogP contribution in [0, 0.1) is 0 Å². The van der Waals surface area contributed by atoms with Gasteiger partial charge in [0.1, 0.15) is 5.76 Å². The lowest BCUT2D eigenvalue weighted by atomic mass is 10.3. The summed E-state index contributed by atoms with van der Waals surface area (Å²) in [5.41, 5.74) is 0. The highest BCUT2D eigenvalue weighted by Gasteiger charge is 2.09. The number of halogens is 1. The fourth-order valence-corrected chi connectivity index (χ4v) is 2.08. The zero-order valence-corrected chi connectivity index (χ0v) is 10.9. The molecule has 1 aromatic carbocycles. The van der Waals surface area contributed by atoms with Gasteiger partial charge >= 0.3 is 0 Å². The molecule has 0 bridgehead atoms. The summed E-state index contributed by atoms with van der Waals surface area (Å²) in [5, 5.41) is 9.33. The number of thioether (sulfide) groups is 1. The first-order valence-electron chi connectivity index (χ1n) is 4.35. The minimum Gasteiger partial charge on any atom is -0.511 e. The number of rotatable bonds is 3. The molecule has 0 aliphatic carbocycles. The van der Waals surface area contributed by atoms with Crippen LogP contribution in [0.5, 0.6) is 0 Å². The van der Waals surface area contributed by atoms with E-state index in [4.69, 9.17) is 0 Å². The molecule has 1 N–H and O–H groups in total. The molecule has 1 rings (SSSR count). The number of carbonyl (C=O) groups is 1. The molecule has 0 heterocycles. The zero-order valence-electron chi connectivity index (χ0n) is 8.45. The van der Waals surface area contributed by atoms with Crippen molar-refractivity contribution in [2.24, 2.45) is 0 Å². The quantitative estimate of drug-likeness (QED) is 0.520. The highest BCUT2D eigenvalue weighted by Crippen LogP contribution is 2.29. The van der Waals surface area contributed by atoms with Gasteiger partial charge in [-0.2, -0.15) is 0 Å². The van der Waals surface area contributed by atoms with Crippen molar-refractivity contribution in [1.29, 1.82) is 0 Å². The fourth-order valence-electron chi connectivity index (χ4n) is 1.02. The summed E-state index contributed by atoms with van der Waals surface area (Å²) in [7, 11) is 0. The van der Waals surface area contributed by atoms with Crippen LogP contribution in [0.4, 0.5) is 0 Å². The van der Waals surface area contributed by atoms with Gasteiger partial charge in [0.15, 0.2) is 5.78 Å². The van der Waals surface area contributed by atoms with Crippen LogP contribution in [0.25, 0.3) is 0 Å². The Morgan fingerprint density at radius 2 is 1.80 bits per heavy atom. The topological polar surface area (TPSA) is 37.3 Å². The van der Waals surface area contributed by atoms with Crippen LogP contribution >= 0.6 is 27.7 Å². The SMILES string of the molecule is CC(=O)/C(Sc1ccc(Br)cc1)=C(\C)O. The van der Waals surface area contributed by atoms with Gasteiger partial charge in [-0.05, 0) is 38.1 Å². The van der Waals surface area contributed by atoms with Gasteiger partial charge in [0.25, 0.3) is 0 Å². The van der Waals surface area contributed by atoms with Crippen LogP contribution in [0.2, 0.25) is 0 Å². The lowest BCUT2D eigenvalue weighted by Gasteiger charge is -2.04. The highest BCUT2D eigenvalue weighted by molar-refractivity contribution is 9.10. The fraction of sp³-hybridized carbons (Fsp3) is 0.182. The normalized spacial score (nSPS) is 12.2. The van der Waals surface area contributed by atoms with Crippen LogP contribution in [0.15, 0.2) is 44.3 Å². The number of hydrogen-bond acceptors (Lipinski definition) is 3. The van der Waals surface area contributed by atoms with Gasteiger partial charge in [-0.15, -0.1) is 0 Å². The third kappa shape index (κ3) is 3.72. The number of ketones is 1. The van der Waals surface area contributed by atoms with Crippen molar-refractivity contribution in [3.05, 3.63) is 39.4 Å². The van der Waals surface area contributed by atoms with Crippen molar-refractivity contribution < 1.29 is 9.90 Å². The van der Waals surface area contributed by atoms with E-state index in [2.05, 4.69) is 15.9 Å². The molecule has 0 aliphatic rings. The lowest BCUT2D eigenvalue weighted by Crippen LogP contribution is -1.95. The third-order valence-corrected chi connectivity index (χ3v) is 3.51. The molecule has 0 saturated carbocycles. The molecule has 1 aromatic rings. The number of benzene rings is 1. The third-order valence-electron chi connectivity index (χ3n) is 1.68. The molecule has 0 unspecified atom stereocenters. The Hall–Kier alpha value is -0.740. The van der Waals surface area contributed by atoms with Crippen LogP contribution in [0.1, 0.15) is 13.8 Å². The minimum absolute atomic E-state index is 0.0652. The molecule has 2 nitrogen and oxygen atoms in total. The molecule has 0 amide bonds. The van der Waals surface area contributed by atoms with Crippen molar-refractivity contribution in [1.82, 2.24) is 0 Å². The van der Waals surface area contributed by atoms with E-state index >= 15 is 0 Å². The molecule has 0 radical (unpaired) electrons. The number of allylic oxidation sites excluding steroid dienone is 2. The standard InChI is InChI=1S/C11H11BrO2S/c1-7(13)11(8(2)14)15-10-5-3-9(12)4-6-10/h3-6,13H,1-2H3/b11-7-. The second-order valence-electron chi connectivity index (χ2n) is 3.03. The maximum atomic E-state index is 11.2. The Bertz CT molecular complexity index is 392. The van der Waals surface area contributed by atoms with Crippen LogP contribution < -0.4 is 0 Å². The smallest absolute Gasteiger partial charge is 0.169 e. The lowest BCUT2D eigenvalue weighted by molar-refractivity contribution is -0.113.